The highest BCUT2D eigenvalue weighted by atomic mass is 16.6. The molecule has 0 unspecified atom stereocenters. The highest BCUT2D eigenvalue weighted by molar-refractivity contribution is 5.70. The highest BCUT2D eigenvalue weighted by Gasteiger charge is 2.29. The zero-order valence-electron chi connectivity index (χ0n) is 12.3. The molecule has 2 atom stereocenters. The normalized spacial score (nSPS) is 22.9. The molecular formula is C14H25NO4. The van der Waals surface area contributed by atoms with Gasteiger partial charge in [0.05, 0.1) is 6.61 Å². The summed E-state index contributed by atoms with van der Waals surface area (Å²) in [4.78, 5) is 23.0. The molecule has 1 fully saturated rings. The van der Waals surface area contributed by atoms with E-state index in [1.54, 1.807) is 6.92 Å². The molecule has 5 nitrogen and oxygen atoms in total. The predicted molar refractivity (Wildman–Crippen MR) is 71.7 cm³/mol. The number of rotatable bonds is 4. The quantitative estimate of drug-likeness (QED) is 0.798. The third-order valence-corrected chi connectivity index (χ3v) is 3.02. The van der Waals surface area contributed by atoms with Crippen LogP contribution in [0.5, 0.6) is 0 Å². The monoisotopic (exact) mass is 271 g/mol. The number of esters is 1. The van der Waals surface area contributed by atoms with Gasteiger partial charge in [-0.3, -0.25) is 4.79 Å². The van der Waals surface area contributed by atoms with Crippen molar-refractivity contribution in [3.05, 3.63) is 0 Å². The highest BCUT2D eigenvalue weighted by Crippen LogP contribution is 2.28. The first-order valence-electron chi connectivity index (χ1n) is 6.95. The smallest absolute Gasteiger partial charge is 0.407 e. The van der Waals surface area contributed by atoms with Gasteiger partial charge in [-0.05, 0) is 52.9 Å². The Morgan fingerprint density at radius 3 is 2.53 bits per heavy atom. The molecule has 0 heterocycles. The minimum Gasteiger partial charge on any atom is -0.466 e. The molecule has 0 aromatic carbocycles. The summed E-state index contributed by atoms with van der Waals surface area (Å²) >= 11 is 0. The van der Waals surface area contributed by atoms with Gasteiger partial charge in [0, 0.05) is 12.5 Å². The molecular weight excluding hydrogens is 246 g/mol. The fourth-order valence-electron chi connectivity index (χ4n) is 2.32. The number of nitrogens with one attached hydrogen (secondary N) is 1. The van der Waals surface area contributed by atoms with Crippen LogP contribution in [0.2, 0.25) is 0 Å². The first kappa shape index (κ1) is 15.8. The van der Waals surface area contributed by atoms with Gasteiger partial charge in [0.25, 0.3) is 0 Å². The second kappa shape index (κ2) is 6.78. The van der Waals surface area contributed by atoms with Crippen molar-refractivity contribution >= 4 is 12.1 Å². The fraction of sp³-hybridized carbons (Fsp3) is 0.857. The first-order chi connectivity index (χ1) is 8.80. The standard InChI is InChI=1S/C14H25NO4/c1-5-18-12(16)9-10-6-7-11(8-10)15-13(17)19-14(2,3)4/h10-11H,5-9H2,1-4H3,(H,15,17)/t10-,11+/m1/s1. The van der Waals surface area contributed by atoms with E-state index in [0.29, 0.717) is 18.9 Å². The van der Waals surface area contributed by atoms with Crippen LogP contribution < -0.4 is 5.32 Å². The Morgan fingerprint density at radius 2 is 1.95 bits per heavy atom. The van der Waals surface area contributed by atoms with E-state index in [2.05, 4.69) is 5.32 Å². The molecule has 0 spiro atoms. The van der Waals surface area contributed by atoms with Gasteiger partial charge < -0.3 is 14.8 Å². The van der Waals surface area contributed by atoms with E-state index in [1.807, 2.05) is 20.8 Å². The lowest BCUT2D eigenvalue weighted by atomic mass is 10.0. The SMILES string of the molecule is CCOC(=O)C[C@@H]1CC[C@H](NC(=O)OC(C)(C)C)C1. The maximum absolute atomic E-state index is 11.6. The van der Waals surface area contributed by atoms with Crippen LogP contribution >= 0.6 is 0 Å². The molecule has 1 amide bonds. The summed E-state index contributed by atoms with van der Waals surface area (Å²) in [5, 5.41) is 2.86. The van der Waals surface area contributed by atoms with E-state index in [9.17, 15) is 9.59 Å². The third kappa shape index (κ3) is 6.45. The van der Waals surface area contributed by atoms with Crippen molar-refractivity contribution in [2.75, 3.05) is 6.61 Å². The van der Waals surface area contributed by atoms with Gasteiger partial charge >= 0.3 is 12.1 Å². The van der Waals surface area contributed by atoms with Gasteiger partial charge in [-0.1, -0.05) is 0 Å². The van der Waals surface area contributed by atoms with Crippen LogP contribution in [0.25, 0.3) is 0 Å². The molecule has 0 aromatic rings. The predicted octanol–water partition coefficient (Wildman–Crippen LogP) is 2.63. The lowest BCUT2D eigenvalue weighted by Crippen LogP contribution is -2.38. The van der Waals surface area contributed by atoms with Crippen LogP contribution in [0, 0.1) is 5.92 Å². The van der Waals surface area contributed by atoms with Crippen molar-refractivity contribution in [2.24, 2.45) is 5.92 Å². The van der Waals surface area contributed by atoms with Crippen molar-refractivity contribution in [3.63, 3.8) is 0 Å². The van der Waals surface area contributed by atoms with Crippen LogP contribution in [-0.2, 0) is 14.3 Å². The number of alkyl carbamates (subject to hydrolysis) is 1. The van der Waals surface area contributed by atoms with Gasteiger partial charge in [-0.15, -0.1) is 0 Å². The number of hydrogen-bond acceptors (Lipinski definition) is 4. The maximum Gasteiger partial charge on any atom is 0.407 e. The van der Waals surface area contributed by atoms with Crippen LogP contribution in [0.3, 0.4) is 0 Å². The second-order valence-corrected chi connectivity index (χ2v) is 6.03. The van der Waals surface area contributed by atoms with E-state index in [-0.39, 0.29) is 18.1 Å². The van der Waals surface area contributed by atoms with Crippen molar-refractivity contribution in [2.45, 2.75) is 65.0 Å². The van der Waals surface area contributed by atoms with Crippen LogP contribution in [0.15, 0.2) is 0 Å². The average Bonchev–Trinajstić information content (AvgIpc) is 2.62. The summed E-state index contributed by atoms with van der Waals surface area (Å²) < 4.78 is 10.1. The Morgan fingerprint density at radius 1 is 1.26 bits per heavy atom. The summed E-state index contributed by atoms with van der Waals surface area (Å²) in [6.45, 7) is 7.74. The summed E-state index contributed by atoms with van der Waals surface area (Å²) in [7, 11) is 0. The molecule has 1 N–H and O–H groups in total. The molecule has 0 aliphatic heterocycles. The summed E-state index contributed by atoms with van der Waals surface area (Å²) in [6.07, 6.45) is 2.72. The maximum atomic E-state index is 11.6. The number of carbonyl (C=O) groups is 2. The molecule has 1 aliphatic carbocycles. The molecule has 0 radical (unpaired) electrons. The van der Waals surface area contributed by atoms with Crippen LogP contribution in [0.4, 0.5) is 4.79 Å². The van der Waals surface area contributed by atoms with E-state index in [1.165, 1.54) is 0 Å². The molecule has 1 rings (SSSR count). The summed E-state index contributed by atoms with van der Waals surface area (Å²) in [5.74, 6) is 0.157. The topological polar surface area (TPSA) is 64.6 Å². The van der Waals surface area contributed by atoms with Crippen LogP contribution in [-0.4, -0.2) is 30.3 Å². The van der Waals surface area contributed by atoms with E-state index >= 15 is 0 Å². The molecule has 1 saturated carbocycles. The van der Waals surface area contributed by atoms with Crippen molar-refractivity contribution in [1.82, 2.24) is 5.32 Å². The minimum atomic E-state index is -0.479. The molecule has 0 bridgehead atoms. The van der Waals surface area contributed by atoms with Crippen LogP contribution in [0.1, 0.15) is 53.4 Å². The molecule has 1 aliphatic rings. The molecule has 110 valence electrons. The molecule has 0 saturated heterocycles. The Bertz CT molecular complexity index is 322. The second-order valence-electron chi connectivity index (χ2n) is 6.03. The summed E-state index contributed by atoms with van der Waals surface area (Å²) in [5.41, 5.74) is -0.479. The van der Waals surface area contributed by atoms with Crippen molar-refractivity contribution in [1.29, 1.82) is 0 Å². The molecule has 0 aromatic heterocycles. The Hall–Kier alpha value is -1.26. The van der Waals surface area contributed by atoms with Gasteiger partial charge in [-0.2, -0.15) is 0 Å². The zero-order valence-corrected chi connectivity index (χ0v) is 12.3. The van der Waals surface area contributed by atoms with Gasteiger partial charge in [0.1, 0.15) is 5.60 Å². The minimum absolute atomic E-state index is 0.106. The molecule has 19 heavy (non-hydrogen) atoms. The fourth-order valence-corrected chi connectivity index (χ4v) is 2.32. The van der Waals surface area contributed by atoms with E-state index in [0.717, 1.165) is 19.3 Å². The Labute approximate surface area is 115 Å². The lowest BCUT2D eigenvalue weighted by Gasteiger charge is -2.21. The van der Waals surface area contributed by atoms with E-state index in [4.69, 9.17) is 9.47 Å². The van der Waals surface area contributed by atoms with Gasteiger partial charge in [0.2, 0.25) is 0 Å². The van der Waals surface area contributed by atoms with Gasteiger partial charge in [0.15, 0.2) is 0 Å². The lowest BCUT2D eigenvalue weighted by molar-refractivity contribution is -0.144. The largest absolute Gasteiger partial charge is 0.466 e. The summed E-state index contributed by atoms with van der Waals surface area (Å²) in [6, 6.07) is 0.106. The molecule has 5 heteroatoms. The number of hydrogen-bond donors (Lipinski definition) is 1. The number of amides is 1. The number of carbonyl (C=O) groups excluding carboxylic acids is 2. The number of ether oxygens (including phenoxy) is 2. The Balaban J connectivity index is 2.28. The Kier molecular flexibility index (Phi) is 5.63. The third-order valence-electron chi connectivity index (χ3n) is 3.02. The first-order valence-corrected chi connectivity index (χ1v) is 6.95. The van der Waals surface area contributed by atoms with Gasteiger partial charge in [-0.25, -0.2) is 4.79 Å². The average molecular weight is 271 g/mol. The zero-order chi connectivity index (χ0) is 14.5. The van der Waals surface area contributed by atoms with Crippen molar-refractivity contribution < 1.29 is 19.1 Å². The van der Waals surface area contributed by atoms with E-state index < -0.39 is 5.60 Å². The van der Waals surface area contributed by atoms with Crippen molar-refractivity contribution in [3.8, 4) is 0 Å².